The fraction of sp³-hybridized carbons (Fsp3) is 0.591. The van der Waals surface area contributed by atoms with Gasteiger partial charge in [-0.3, -0.25) is 9.59 Å². The molecule has 1 aliphatic rings. The SMILES string of the molecule is Cc1ccc(OCC(=O)N2CCC(NC(=O)CCNC(=O)OC(C)(C)C)CC2)cc1. The number of aryl methyl sites for hydroxylation is 1. The Morgan fingerprint density at radius 3 is 2.33 bits per heavy atom. The van der Waals surface area contributed by atoms with E-state index in [1.54, 1.807) is 25.7 Å². The van der Waals surface area contributed by atoms with E-state index in [9.17, 15) is 14.4 Å². The third kappa shape index (κ3) is 8.71. The number of piperidine rings is 1. The fourth-order valence-electron chi connectivity index (χ4n) is 3.04. The Morgan fingerprint density at radius 2 is 1.73 bits per heavy atom. The first kappa shape index (κ1) is 23.5. The summed E-state index contributed by atoms with van der Waals surface area (Å²) in [6, 6.07) is 7.61. The number of amides is 3. The van der Waals surface area contributed by atoms with Crippen molar-refractivity contribution in [2.24, 2.45) is 0 Å². The van der Waals surface area contributed by atoms with Crippen LogP contribution in [0.3, 0.4) is 0 Å². The lowest BCUT2D eigenvalue weighted by Crippen LogP contribution is -2.48. The van der Waals surface area contributed by atoms with Crippen LogP contribution in [-0.2, 0) is 14.3 Å². The molecule has 3 amide bonds. The highest BCUT2D eigenvalue weighted by molar-refractivity contribution is 5.78. The van der Waals surface area contributed by atoms with Crippen molar-refractivity contribution < 1.29 is 23.9 Å². The van der Waals surface area contributed by atoms with Crippen LogP contribution in [0.4, 0.5) is 4.79 Å². The first-order chi connectivity index (χ1) is 14.1. The van der Waals surface area contributed by atoms with Crippen LogP contribution in [0.2, 0.25) is 0 Å². The van der Waals surface area contributed by atoms with Gasteiger partial charge in [-0.25, -0.2) is 4.79 Å². The molecule has 0 bridgehead atoms. The molecular formula is C22H33N3O5. The van der Waals surface area contributed by atoms with Gasteiger partial charge in [-0.05, 0) is 52.7 Å². The van der Waals surface area contributed by atoms with Gasteiger partial charge in [0.1, 0.15) is 11.4 Å². The van der Waals surface area contributed by atoms with Gasteiger partial charge in [0, 0.05) is 32.1 Å². The third-order valence-corrected chi connectivity index (χ3v) is 4.62. The standard InChI is InChI=1S/C22H33N3O5/c1-16-5-7-18(8-6-16)29-15-20(27)25-13-10-17(11-14-25)24-19(26)9-12-23-21(28)30-22(2,3)4/h5-8,17H,9-15H2,1-4H3,(H,23,28)(H,24,26). The van der Waals surface area contributed by atoms with E-state index in [1.165, 1.54) is 0 Å². The van der Waals surface area contributed by atoms with Gasteiger partial charge >= 0.3 is 6.09 Å². The highest BCUT2D eigenvalue weighted by Crippen LogP contribution is 2.14. The zero-order valence-corrected chi connectivity index (χ0v) is 18.3. The van der Waals surface area contributed by atoms with Gasteiger partial charge in [-0.2, -0.15) is 0 Å². The number of carbonyl (C=O) groups excluding carboxylic acids is 3. The molecule has 1 aromatic rings. The molecule has 0 aliphatic carbocycles. The van der Waals surface area contributed by atoms with Crippen LogP contribution < -0.4 is 15.4 Å². The van der Waals surface area contributed by atoms with Crippen molar-refractivity contribution in [2.75, 3.05) is 26.2 Å². The van der Waals surface area contributed by atoms with Crippen LogP contribution in [0.1, 0.15) is 45.6 Å². The first-order valence-electron chi connectivity index (χ1n) is 10.4. The summed E-state index contributed by atoms with van der Waals surface area (Å²) in [6.45, 7) is 8.73. The summed E-state index contributed by atoms with van der Waals surface area (Å²) >= 11 is 0. The molecule has 1 aliphatic heterocycles. The van der Waals surface area contributed by atoms with E-state index in [4.69, 9.17) is 9.47 Å². The number of carbonyl (C=O) groups is 3. The predicted molar refractivity (Wildman–Crippen MR) is 113 cm³/mol. The van der Waals surface area contributed by atoms with Crippen LogP contribution in [0.15, 0.2) is 24.3 Å². The number of hydrogen-bond acceptors (Lipinski definition) is 5. The number of likely N-dealkylation sites (tertiary alicyclic amines) is 1. The lowest BCUT2D eigenvalue weighted by molar-refractivity contribution is -0.134. The van der Waals surface area contributed by atoms with Crippen LogP contribution in [0, 0.1) is 6.92 Å². The fourth-order valence-corrected chi connectivity index (χ4v) is 3.04. The van der Waals surface area contributed by atoms with Gasteiger partial charge in [0.15, 0.2) is 6.61 Å². The van der Waals surface area contributed by atoms with E-state index >= 15 is 0 Å². The van der Waals surface area contributed by atoms with E-state index in [1.807, 2.05) is 31.2 Å². The monoisotopic (exact) mass is 419 g/mol. The summed E-state index contributed by atoms with van der Waals surface area (Å²) in [7, 11) is 0. The van der Waals surface area contributed by atoms with E-state index in [2.05, 4.69) is 10.6 Å². The van der Waals surface area contributed by atoms with Crippen LogP contribution in [0.5, 0.6) is 5.75 Å². The summed E-state index contributed by atoms with van der Waals surface area (Å²) < 4.78 is 10.7. The average molecular weight is 420 g/mol. The minimum absolute atomic E-state index is 0.0103. The summed E-state index contributed by atoms with van der Waals surface area (Å²) in [4.78, 5) is 37.7. The van der Waals surface area contributed by atoms with Crippen molar-refractivity contribution in [1.29, 1.82) is 0 Å². The number of rotatable bonds is 7. The molecule has 1 aromatic carbocycles. The predicted octanol–water partition coefficient (Wildman–Crippen LogP) is 2.40. The topological polar surface area (TPSA) is 97.0 Å². The molecule has 2 N–H and O–H groups in total. The van der Waals surface area contributed by atoms with Crippen molar-refractivity contribution in [1.82, 2.24) is 15.5 Å². The molecule has 0 atom stereocenters. The first-order valence-corrected chi connectivity index (χ1v) is 10.4. The summed E-state index contributed by atoms with van der Waals surface area (Å²) in [5.74, 6) is 0.497. The summed E-state index contributed by atoms with van der Waals surface area (Å²) in [5.41, 5.74) is 0.571. The lowest BCUT2D eigenvalue weighted by Gasteiger charge is -2.32. The van der Waals surface area contributed by atoms with Gasteiger partial charge in [0.25, 0.3) is 5.91 Å². The molecule has 30 heavy (non-hydrogen) atoms. The van der Waals surface area contributed by atoms with E-state index in [-0.39, 0.29) is 37.4 Å². The van der Waals surface area contributed by atoms with E-state index < -0.39 is 11.7 Å². The second kappa shape index (κ2) is 10.8. The Balaban J connectivity index is 1.61. The molecule has 8 nitrogen and oxygen atoms in total. The normalized spacial score (nSPS) is 14.7. The van der Waals surface area contributed by atoms with Crippen molar-refractivity contribution in [3.63, 3.8) is 0 Å². The number of hydrogen-bond donors (Lipinski definition) is 2. The van der Waals surface area contributed by atoms with Crippen LogP contribution in [0.25, 0.3) is 0 Å². The largest absolute Gasteiger partial charge is 0.484 e. The average Bonchev–Trinajstić information content (AvgIpc) is 2.66. The molecular weight excluding hydrogens is 386 g/mol. The third-order valence-electron chi connectivity index (χ3n) is 4.62. The number of nitrogens with one attached hydrogen (secondary N) is 2. The van der Waals surface area contributed by atoms with Crippen molar-refractivity contribution >= 4 is 17.9 Å². The molecule has 0 spiro atoms. The molecule has 2 rings (SSSR count). The Labute approximate surface area is 178 Å². The lowest BCUT2D eigenvalue weighted by atomic mass is 10.0. The second-order valence-electron chi connectivity index (χ2n) is 8.50. The quantitative estimate of drug-likeness (QED) is 0.707. The minimum Gasteiger partial charge on any atom is -0.484 e. The Bertz CT molecular complexity index is 719. The number of benzene rings is 1. The number of alkyl carbamates (subject to hydrolysis) is 1. The number of ether oxygens (including phenoxy) is 2. The molecule has 8 heteroatoms. The Hall–Kier alpha value is -2.77. The maximum atomic E-state index is 12.3. The number of nitrogens with zero attached hydrogens (tertiary/aromatic N) is 1. The molecule has 1 saturated heterocycles. The summed E-state index contributed by atoms with van der Waals surface area (Å²) in [6.07, 6.45) is 1.04. The molecule has 0 unspecified atom stereocenters. The Morgan fingerprint density at radius 1 is 1.10 bits per heavy atom. The van der Waals surface area contributed by atoms with Gasteiger partial charge < -0.3 is 25.0 Å². The zero-order valence-electron chi connectivity index (χ0n) is 18.3. The van der Waals surface area contributed by atoms with Crippen molar-refractivity contribution in [2.45, 2.75) is 58.6 Å². The van der Waals surface area contributed by atoms with E-state index in [0.717, 1.165) is 5.56 Å². The maximum Gasteiger partial charge on any atom is 0.407 e. The summed E-state index contributed by atoms with van der Waals surface area (Å²) in [5, 5.41) is 5.53. The molecule has 0 radical (unpaired) electrons. The highest BCUT2D eigenvalue weighted by atomic mass is 16.6. The van der Waals surface area contributed by atoms with Crippen LogP contribution in [-0.4, -0.2) is 60.7 Å². The zero-order chi connectivity index (χ0) is 22.1. The molecule has 0 aromatic heterocycles. The minimum atomic E-state index is -0.567. The van der Waals surface area contributed by atoms with Gasteiger partial charge in [0.2, 0.25) is 5.91 Å². The molecule has 1 fully saturated rings. The van der Waals surface area contributed by atoms with Gasteiger partial charge in [0.05, 0.1) is 0 Å². The van der Waals surface area contributed by atoms with Crippen LogP contribution >= 0.6 is 0 Å². The highest BCUT2D eigenvalue weighted by Gasteiger charge is 2.24. The van der Waals surface area contributed by atoms with Gasteiger partial charge in [-0.1, -0.05) is 17.7 Å². The molecule has 1 heterocycles. The second-order valence-corrected chi connectivity index (χ2v) is 8.50. The van der Waals surface area contributed by atoms with Crippen molar-refractivity contribution in [3.8, 4) is 5.75 Å². The van der Waals surface area contributed by atoms with Crippen molar-refractivity contribution in [3.05, 3.63) is 29.8 Å². The van der Waals surface area contributed by atoms with E-state index in [0.29, 0.717) is 31.7 Å². The molecule has 166 valence electrons. The Kier molecular flexibility index (Phi) is 8.50. The van der Waals surface area contributed by atoms with Gasteiger partial charge in [-0.15, -0.1) is 0 Å². The molecule has 0 saturated carbocycles. The maximum absolute atomic E-state index is 12.3. The smallest absolute Gasteiger partial charge is 0.407 e.